The van der Waals surface area contributed by atoms with Crippen LogP contribution in [0.1, 0.15) is 34.3 Å². The molecule has 0 unspecified atom stereocenters. The van der Waals surface area contributed by atoms with Gasteiger partial charge in [0.1, 0.15) is 5.75 Å². The molecule has 5 nitrogen and oxygen atoms in total. The van der Waals surface area contributed by atoms with E-state index in [4.69, 9.17) is 14.2 Å². The monoisotopic (exact) mass is 337 g/mol. The number of carbonyl (C=O) groups is 1. The molecular weight excluding hydrogens is 318 g/mol. The fourth-order valence-electron chi connectivity index (χ4n) is 3.59. The molecule has 1 aliphatic carbocycles. The van der Waals surface area contributed by atoms with E-state index < -0.39 is 0 Å². The van der Waals surface area contributed by atoms with Crippen LogP contribution in [0.25, 0.3) is 0 Å². The van der Waals surface area contributed by atoms with Gasteiger partial charge in [0.15, 0.2) is 11.5 Å². The van der Waals surface area contributed by atoms with Gasteiger partial charge in [-0.15, -0.1) is 0 Å². The second kappa shape index (κ2) is 5.69. The van der Waals surface area contributed by atoms with Crippen LogP contribution in [0.15, 0.2) is 36.4 Å². The fraction of sp³-hybridized carbons (Fsp3) is 0.350. The van der Waals surface area contributed by atoms with Gasteiger partial charge < -0.3 is 19.1 Å². The molecule has 2 aromatic carbocycles. The smallest absolute Gasteiger partial charge is 0.258 e. The van der Waals surface area contributed by atoms with Crippen molar-refractivity contribution in [1.29, 1.82) is 0 Å². The Kier molecular flexibility index (Phi) is 3.33. The zero-order valence-corrected chi connectivity index (χ0v) is 13.9. The van der Waals surface area contributed by atoms with Crippen molar-refractivity contribution < 1.29 is 19.0 Å². The van der Waals surface area contributed by atoms with Crippen LogP contribution in [0.4, 0.5) is 0 Å². The summed E-state index contributed by atoms with van der Waals surface area (Å²) in [6.45, 7) is 1.42. The maximum absolute atomic E-state index is 13.3. The number of fused-ring (bicyclic) bond motifs is 2. The van der Waals surface area contributed by atoms with E-state index in [1.807, 2.05) is 41.3 Å². The maximum atomic E-state index is 13.3. The molecule has 128 valence electrons. The van der Waals surface area contributed by atoms with E-state index in [1.165, 1.54) is 0 Å². The third kappa shape index (κ3) is 2.51. The lowest BCUT2D eigenvalue weighted by Gasteiger charge is -2.24. The molecule has 0 saturated heterocycles. The van der Waals surface area contributed by atoms with Crippen LogP contribution in [-0.2, 0) is 13.0 Å². The highest BCUT2D eigenvalue weighted by atomic mass is 16.7. The molecule has 1 amide bonds. The second-order valence-corrected chi connectivity index (χ2v) is 6.71. The first-order valence-corrected chi connectivity index (χ1v) is 8.74. The number of para-hydroxylation sites is 2. The minimum Gasteiger partial charge on any atom is -0.492 e. The number of hydrogen-bond acceptors (Lipinski definition) is 4. The highest BCUT2D eigenvalue weighted by Crippen LogP contribution is 2.39. The summed E-state index contributed by atoms with van der Waals surface area (Å²) >= 11 is 0. The van der Waals surface area contributed by atoms with E-state index in [-0.39, 0.29) is 12.7 Å². The molecule has 2 aromatic rings. The summed E-state index contributed by atoms with van der Waals surface area (Å²) in [5.41, 5.74) is 2.79. The van der Waals surface area contributed by atoms with Gasteiger partial charge in [0.05, 0.1) is 18.7 Å². The highest BCUT2D eigenvalue weighted by molar-refractivity contribution is 5.98. The molecule has 0 spiro atoms. The lowest BCUT2D eigenvalue weighted by Crippen LogP contribution is -2.33. The molecule has 1 saturated carbocycles. The number of ether oxygens (including phenoxy) is 3. The van der Waals surface area contributed by atoms with Crippen LogP contribution >= 0.6 is 0 Å². The van der Waals surface area contributed by atoms with Gasteiger partial charge in [-0.1, -0.05) is 24.3 Å². The molecular formula is C20H19NO4. The molecule has 0 bridgehead atoms. The van der Waals surface area contributed by atoms with E-state index in [9.17, 15) is 4.79 Å². The first kappa shape index (κ1) is 14.6. The Morgan fingerprint density at radius 3 is 2.80 bits per heavy atom. The van der Waals surface area contributed by atoms with Gasteiger partial charge in [-0.3, -0.25) is 4.79 Å². The normalized spacial score (nSPS) is 17.1. The summed E-state index contributed by atoms with van der Waals surface area (Å²) in [5.74, 6) is 2.31. The van der Waals surface area contributed by atoms with Crippen LogP contribution in [0.5, 0.6) is 17.2 Å². The molecule has 5 rings (SSSR count). The van der Waals surface area contributed by atoms with E-state index in [2.05, 4.69) is 0 Å². The van der Waals surface area contributed by atoms with Crippen LogP contribution in [0.3, 0.4) is 0 Å². The molecule has 1 fully saturated rings. The lowest BCUT2D eigenvalue weighted by atomic mass is 10.1. The number of hydrogen-bond donors (Lipinski definition) is 0. The predicted octanol–water partition coefficient (Wildman–Crippen LogP) is 3.16. The Hall–Kier alpha value is -2.69. The number of nitrogens with zero attached hydrogens (tertiary/aromatic N) is 1. The summed E-state index contributed by atoms with van der Waals surface area (Å²) < 4.78 is 16.8. The summed E-state index contributed by atoms with van der Waals surface area (Å²) in [4.78, 5) is 15.2. The molecule has 0 aromatic heterocycles. The van der Waals surface area contributed by atoms with Gasteiger partial charge in [0.25, 0.3) is 5.91 Å². The molecule has 5 heteroatoms. The minimum atomic E-state index is 0.0396. The van der Waals surface area contributed by atoms with Crippen molar-refractivity contribution in [3.8, 4) is 17.2 Å². The van der Waals surface area contributed by atoms with Gasteiger partial charge in [-0.2, -0.15) is 0 Å². The van der Waals surface area contributed by atoms with E-state index >= 15 is 0 Å². The van der Waals surface area contributed by atoms with Crippen molar-refractivity contribution >= 4 is 5.91 Å². The van der Waals surface area contributed by atoms with E-state index in [1.54, 1.807) is 0 Å². The largest absolute Gasteiger partial charge is 0.492 e. The van der Waals surface area contributed by atoms with Crippen LogP contribution in [0.2, 0.25) is 0 Å². The van der Waals surface area contributed by atoms with Gasteiger partial charge in [-0.25, -0.2) is 0 Å². The lowest BCUT2D eigenvalue weighted by molar-refractivity contribution is 0.0725. The summed E-state index contributed by atoms with van der Waals surface area (Å²) in [6, 6.07) is 12.0. The average Bonchev–Trinajstić information content (AvgIpc) is 3.16. The van der Waals surface area contributed by atoms with Crippen molar-refractivity contribution in [2.24, 2.45) is 0 Å². The number of rotatable bonds is 4. The quantitative estimate of drug-likeness (QED) is 0.860. The minimum absolute atomic E-state index is 0.0396. The summed E-state index contributed by atoms with van der Waals surface area (Å²) in [7, 11) is 0. The Bertz CT molecular complexity index is 844. The third-order valence-corrected chi connectivity index (χ3v) is 5.01. The SMILES string of the molecule is O=C(c1cccc2c1OCC2)N(Cc1cccc2c1OCO2)C1CC1. The molecule has 0 N–H and O–H groups in total. The molecule has 0 atom stereocenters. The van der Waals surface area contributed by atoms with Crippen molar-refractivity contribution in [2.75, 3.05) is 13.4 Å². The Balaban J connectivity index is 1.47. The van der Waals surface area contributed by atoms with Crippen LogP contribution in [-0.4, -0.2) is 30.2 Å². The molecule has 25 heavy (non-hydrogen) atoms. The summed E-state index contributed by atoms with van der Waals surface area (Å²) in [5, 5.41) is 0. The van der Waals surface area contributed by atoms with Crippen molar-refractivity contribution in [3.05, 3.63) is 53.1 Å². The molecule has 3 aliphatic rings. The average molecular weight is 337 g/mol. The zero-order chi connectivity index (χ0) is 16.8. The van der Waals surface area contributed by atoms with E-state index in [0.717, 1.165) is 47.6 Å². The summed E-state index contributed by atoms with van der Waals surface area (Å²) in [6.07, 6.45) is 2.97. The van der Waals surface area contributed by atoms with Crippen LogP contribution in [0, 0.1) is 0 Å². The topological polar surface area (TPSA) is 48.0 Å². The Labute approximate surface area is 146 Å². The van der Waals surface area contributed by atoms with Gasteiger partial charge in [0.2, 0.25) is 6.79 Å². The second-order valence-electron chi connectivity index (χ2n) is 6.71. The van der Waals surface area contributed by atoms with Gasteiger partial charge in [-0.05, 0) is 30.5 Å². The van der Waals surface area contributed by atoms with E-state index in [0.29, 0.717) is 24.8 Å². The maximum Gasteiger partial charge on any atom is 0.258 e. The number of benzene rings is 2. The van der Waals surface area contributed by atoms with Crippen LogP contribution < -0.4 is 14.2 Å². The molecule has 2 heterocycles. The van der Waals surface area contributed by atoms with Crippen molar-refractivity contribution in [2.45, 2.75) is 31.8 Å². The molecule has 0 radical (unpaired) electrons. The zero-order valence-electron chi connectivity index (χ0n) is 13.9. The fourth-order valence-corrected chi connectivity index (χ4v) is 3.59. The predicted molar refractivity (Wildman–Crippen MR) is 91.1 cm³/mol. The first-order chi connectivity index (χ1) is 12.3. The standard InChI is InChI=1S/C20H19NO4/c22-20(16-5-1-3-13-9-10-23-18(13)16)21(15-7-8-15)11-14-4-2-6-17-19(14)25-12-24-17/h1-6,15H,7-12H2. The number of amides is 1. The third-order valence-electron chi connectivity index (χ3n) is 5.01. The molecule has 2 aliphatic heterocycles. The van der Waals surface area contributed by atoms with Gasteiger partial charge >= 0.3 is 0 Å². The Morgan fingerprint density at radius 1 is 1.04 bits per heavy atom. The van der Waals surface area contributed by atoms with Crippen molar-refractivity contribution in [3.63, 3.8) is 0 Å². The first-order valence-electron chi connectivity index (χ1n) is 8.74. The number of carbonyl (C=O) groups excluding carboxylic acids is 1. The van der Waals surface area contributed by atoms with Crippen molar-refractivity contribution in [1.82, 2.24) is 4.90 Å². The van der Waals surface area contributed by atoms with Gasteiger partial charge in [0, 0.05) is 18.0 Å². The highest BCUT2D eigenvalue weighted by Gasteiger charge is 2.36. The Morgan fingerprint density at radius 2 is 1.92 bits per heavy atom.